The van der Waals surface area contributed by atoms with E-state index in [1.165, 1.54) is 10.4 Å². The molecular formula is C19H24N2O2S. The van der Waals surface area contributed by atoms with Crippen molar-refractivity contribution in [3.05, 3.63) is 52.2 Å². The maximum absolute atomic E-state index is 12.6. The van der Waals surface area contributed by atoms with Crippen LogP contribution in [0, 0.1) is 0 Å². The Morgan fingerprint density at radius 2 is 2.17 bits per heavy atom. The van der Waals surface area contributed by atoms with Gasteiger partial charge >= 0.3 is 0 Å². The van der Waals surface area contributed by atoms with E-state index >= 15 is 0 Å². The average molecular weight is 344 g/mol. The molecule has 128 valence electrons. The van der Waals surface area contributed by atoms with E-state index in [0.29, 0.717) is 6.42 Å². The van der Waals surface area contributed by atoms with Gasteiger partial charge in [-0.3, -0.25) is 9.69 Å². The summed E-state index contributed by atoms with van der Waals surface area (Å²) in [6, 6.07) is 12.5. The van der Waals surface area contributed by atoms with Crippen LogP contribution >= 0.6 is 11.3 Å². The second-order valence-corrected chi connectivity index (χ2v) is 7.22. The van der Waals surface area contributed by atoms with E-state index in [4.69, 9.17) is 4.74 Å². The molecule has 0 saturated carbocycles. The zero-order valence-electron chi connectivity index (χ0n) is 14.3. The average Bonchev–Trinajstić information content (AvgIpc) is 3.13. The molecule has 0 aliphatic carbocycles. The van der Waals surface area contributed by atoms with E-state index < -0.39 is 0 Å². The van der Waals surface area contributed by atoms with Gasteiger partial charge in [-0.05, 0) is 42.6 Å². The molecule has 1 fully saturated rings. The summed E-state index contributed by atoms with van der Waals surface area (Å²) in [4.78, 5) is 18.2. The number of likely N-dealkylation sites (N-methyl/N-ethyl adjacent to an activating group) is 1. The van der Waals surface area contributed by atoms with Crippen LogP contribution < -0.4 is 4.74 Å². The Kier molecular flexibility index (Phi) is 5.53. The van der Waals surface area contributed by atoms with Gasteiger partial charge in [0.2, 0.25) is 5.91 Å². The van der Waals surface area contributed by atoms with Gasteiger partial charge < -0.3 is 9.64 Å². The molecular weight excluding hydrogens is 320 g/mol. The van der Waals surface area contributed by atoms with Gasteiger partial charge in [0.15, 0.2) is 0 Å². The fourth-order valence-corrected chi connectivity index (χ4v) is 3.86. The highest BCUT2D eigenvalue weighted by Crippen LogP contribution is 2.27. The van der Waals surface area contributed by atoms with Gasteiger partial charge in [0.1, 0.15) is 5.75 Å². The summed E-state index contributed by atoms with van der Waals surface area (Å²) >= 11 is 1.72. The lowest BCUT2D eigenvalue weighted by molar-refractivity contribution is -0.134. The van der Waals surface area contributed by atoms with E-state index in [-0.39, 0.29) is 11.9 Å². The highest BCUT2D eigenvalue weighted by molar-refractivity contribution is 7.09. The van der Waals surface area contributed by atoms with Crippen molar-refractivity contribution in [3.63, 3.8) is 0 Å². The molecule has 1 aromatic carbocycles. The molecule has 0 bridgehead atoms. The number of piperazine rings is 1. The Bertz CT molecular complexity index is 672. The lowest BCUT2D eigenvalue weighted by atomic mass is 10.0. The fourth-order valence-electron chi connectivity index (χ4n) is 3.15. The summed E-state index contributed by atoms with van der Waals surface area (Å²) < 4.78 is 5.34. The zero-order chi connectivity index (χ0) is 16.9. The number of methoxy groups -OCH3 is 1. The van der Waals surface area contributed by atoms with Crippen LogP contribution in [0.4, 0.5) is 0 Å². The minimum atomic E-state index is 0.222. The van der Waals surface area contributed by atoms with Gasteiger partial charge in [-0.15, -0.1) is 11.3 Å². The Labute approximate surface area is 147 Å². The first-order chi connectivity index (χ1) is 11.7. The summed E-state index contributed by atoms with van der Waals surface area (Å²) in [5.74, 6) is 1.12. The third-order valence-corrected chi connectivity index (χ3v) is 5.58. The van der Waals surface area contributed by atoms with E-state index in [1.807, 2.05) is 23.1 Å². The van der Waals surface area contributed by atoms with Gasteiger partial charge in [-0.1, -0.05) is 18.2 Å². The normalized spacial score (nSPS) is 18.6. The maximum atomic E-state index is 12.6. The van der Waals surface area contributed by atoms with Crippen molar-refractivity contribution in [1.29, 1.82) is 0 Å². The van der Waals surface area contributed by atoms with Crippen LogP contribution in [0.15, 0.2) is 41.8 Å². The lowest BCUT2D eigenvalue weighted by Gasteiger charge is -2.40. The predicted molar refractivity (Wildman–Crippen MR) is 97.6 cm³/mol. The number of thiophene rings is 1. The topological polar surface area (TPSA) is 32.8 Å². The molecule has 1 saturated heterocycles. The second-order valence-electron chi connectivity index (χ2n) is 6.19. The molecule has 0 radical (unpaired) electrons. The van der Waals surface area contributed by atoms with Crippen LogP contribution in [0.3, 0.4) is 0 Å². The molecule has 3 rings (SSSR count). The van der Waals surface area contributed by atoms with Crippen molar-refractivity contribution >= 4 is 17.2 Å². The van der Waals surface area contributed by atoms with Crippen LogP contribution in [0.5, 0.6) is 5.75 Å². The monoisotopic (exact) mass is 344 g/mol. The number of carbonyl (C=O) groups is 1. The molecule has 24 heavy (non-hydrogen) atoms. The summed E-state index contributed by atoms with van der Waals surface area (Å²) in [5, 5.41) is 2.06. The van der Waals surface area contributed by atoms with Crippen molar-refractivity contribution < 1.29 is 9.53 Å². The van der Waals surface area contributed by atoms with E-state index in [2.05, 4.69) is 35.5 Å². The number of carbonyl (C=O) groups excluding carboxylic acids is 1. The van der Waals surface area contributed by atoms with Crippen molar-refractivity contribution in [3.8, 4) is 5.75 Å². The fraction of sp³-hybridized carbons (Fsp3) is 0.421. The van der Waals surface area contributed by atoms with E-state index in [0.717, 1.165) is 31.8 Å². The van der Waals surface area contributed by atoms with Gasteiger partial charge in [0.05, 0.1) is 13.2 Å². The highest BCUT2D eigenvalue weighted by atomic mass is 32.1. The van der Waals surface area contributed by atoms with Gasteiger partial charge in [-0.25, -0.2) is 0 Å². The number of hydrogen-bond donors (Lipinski definition) is 0. The number of amides is 1. The molecule has 0 spiro atoms. The van der Waals surface area contributed by atoms with Crippen LogP contribution in [0.2, 0.25) is 0 Å². The maximum Gasteiger partial charge on any atom is 0.223 e. The molecule has 2 heterocycles. The first-order valence-corrected chi connectivity index (χ1v) is 9.19. The standard InChI is InChI=1S/C19H24N2O2S/c1-20-10-11-21(19(22)9-8-17-7-4-12-24-17)14-18(20)15-5-3-6-16(13-15)23-2/h3-7,12-13,18H,8-11,14H2,1-2H3. The molecule has 0 N–H and O–H groups in total. The largest absolute Gasteiger partial charge is 0.497 e. The molecule has 5 heteroatoms. The van der Waals surface area contributed by atoms with Crippen molar-refractivity contribution in [2.45, 2.75) is 18.9 Å². The SMILES string of the molecule is COc1cccc(C2CN(C(=O)CCc3cccs3)CCN2C)c1. The molecule has 1 amide bonds. The van der Waals surface area contributed by atoms with Gasteiger partial charge in [0.25, 0.3) is 0 Å². The highest BCUT2D eigenvalue weighted by Gasteiger charge is 2.28. The minimum Gasteiger partial charge on any atom is -0.497 e. The number of rotatable bonds is 5. The first-order valence-electron chi connectivity index (χ1n) is 8.31. The Morgan fingerprint density at radius 3 is 2.92 bits per heavy atom. The Balaban J connectivity index is 1.65. The lowest BCUT2D eigenvalue weighted by Crippen LogP contribution is -2.49. The van der Waals surface area contributed by atoms with Crippen molar-refractivity contribution in [1.82, 2.24) is 9.80 Å². The van der Waals surface area contributed by atoms with E-state index in [9.17, 15) is 4.79 Å². The number of nitrogens with zero attached hydrogens (tertiary/aromatic N) is 2. The van der Waals surface area contributed by atoms with E-state index in [1.54, 1.807) is 18.4 Å². The summed E-state index contributed by atoms with van der Waals surface area (Å²) in [5.41, 5.74) is 1.20. The third kappa shape index (κ3) is 3.97. The summed E-state index contributed by atoms with van der Waals surface area (Å²) in [7, 11) is 3.81. The Hall–Kier alpha value is -1.85. The smallest absolute Gasteiger partial charge is 0.223 e. The molecule has 1 aromatic heterocycles. The predicted octanol–water partition coefficient (Wildman–Crippen LogP) is 3.20. The van der Waals surface area contributed by atoms with Gasteiger partial charge in [0, 0.05) is 30.9 Å². The van der Waals surface area contributed by atoms with Crippen LogP contribution in [-0.4, -0.2) is 49.5 Å². The Morgan fingerprint density at radius 1 is 1.29 bits per heavy atom. The number of hydrogen-bond acceptors (Lipinski definition) is 4. The number of benzene rings is 1. The molecule has 1 aliphatic rings. The molecule has 4 nitrogen and oxygen atoms in total. The minimum absolute atomic E-state index is 0.222. The quantitative estimate of drug-likeness (QED) is 0.835. The van der Waals surface area contributed by atoms with Crippen LogP contribution in [-0.2, 0) is 11.2 Å². The summed E-state index contributed by atoms with van der Waals surface area (Å²) in [6.07, 6.45) is 1.43. The zero-order valence-corrected chi connectivity index (χ0v) is 15.1. The molecule has 2 aromatic rings. The summed E-state index contributed by atoms with van der Waals surface area (Å²) in [6.45, 7) is 2.44. The number of ether oxygens (including phenoxy) is 1. The second kappa shape index (κ2) is 7.81. The molecule has 1 atom stereocenters. The number of aryl methyl sites for hydroxylation is 1. The molecule has 1 unspecified atom stereocenters. The van der Waals surface area contributed by atoms with Crippen LogP contribution in [0.25, 0.3) is 0 Å². The van der Waals surface area contributed by atoms with Crippen molar-refractivity contribution in [2.75, 3.05) is 33.8 Å². The van der Waals surface area contributed by atoms with Gasteiger partial charge in [-0.2, -0.15) is 0 Å². The third-order valence-electron chi connectivity index (χ3n) is 4.64. The molecule has 1 aliphatic heterocycles. The first kappa shape index (κ1) is 17.0. The van der Waals surface area contributed by atoms with Crippen molar-refractivity contribution in [2.24, 2.45) is 0 Å². The van der Waals surface area contributed by atoms with Crippen LogP contribution in [0.1, 0.15) is 22.9 Å².